The number of hydrogen-bond donors (Lipinski definition) is 1. The highest BCUT2D eigenvalue weighted by molar-refractivity contribution is 9.18. The maximum Gasteiger partial charge on any atom is 0.133 e. The third-order valence-electron chi connectivity index (χ3n) is 1.13. The fourth-order valence-electron chi connectivity index (χ4n) is 0.652. The quantitative estimate of drug-likeness (QED) is 0.596. The molecule has 4 heteroatoms. The van der Waals surface area contributed by atoms with Gasteiger partial charge in [0, 0.05) is 25.0 Å². The van der Waals surface area contributed by atoms with Crippen molar-refractivity contribution in [2.24, 2.45) is 5.10 Å². The van der Waals surface area contributed by atoms with E-state index in [2.05, 4.69) is 31.4 Å². The monoisotopic (exact) mass is 213 g/mol. The first-order valence-corrected chi connectivity index (χ1v) is 3.94. The highest BCUT2D eigenvalue weighted by Crippen LogP contribution is 2.03. The Kier molecular flexibility index (Phi) is 3.04. The number of nitrogens with zero attached hydrogens (tertiary/aromatic N) is 2. The maximum atomic E-state index is 3.95. The summed E-state index contributed by atoms with van der Waals surface area (Å²) in [6, 6.07) is 3.76. The molecular weight excluding hydrogens is 206 g/mol. The number of hydrazone groups is 1. The predicted octanol–water partition coefficient (Wildman–Crippen LogP) is 1.36. The summed E-state index contributed by atoms with van der Waals surface area (Å²) >= 11 is 3.31. The van der Waals surface area contributed by atoms with Gasteiger partial charge in [0.05, 0.1) is 0 Å². The molecule has 0 bridgehead atoms. The third kappa shape index (κ3) is 2.31. The molecule has 0 spiro atoms. The van der Waals surface area contributed by atoms with Crippen molar-refractivity contribution in [2.45, 2.75) is 0 Å². The van der Waals surface area contributed by atoms with Crippen LogP contribution in [0.5, 0.6) is 0 Å². The second-order valence-electron chi connectivity index (χ2n) is 1.86. The molecule has 58 valence electrons. The van der Waals surface area contributed by atoms with Gasteiger partial charge >= 0.3 is 0 Å². The first-order chi connectivity index (χ1) is 5.34. The molecule has 11 heavy (non-hydrogen) atoms. The Labute approximate surface area is 73.7 Å². The van der Waals surface area contributed by atoms with Gasteiger partial charge in [-0.2, -0.15) is 5.10 Å². The lowest BCUT2D eigenvalue weighted by molar-refractivity contribution is 0.906. The Morgan fingerprint density at radius 3 is 2.73 bits per heavy atom. The first kappa shape index (κ1) is 8.20. The van der Waals surface area contributed by atoms with E-state index in [-0.39, 0.29) is 0 Å². The molecule has 1 N–H and O–H groups in total. The molecule has 0 unspecified atom stereocenters. The molecule has 1 rings (SSSR count). The number of halogens is 1. The summed E-state index contributed by atoms with van der Waals surface area (Å²) in [7, 11) is 1.75. The van der Waals surface area contributed by atoms with Crippen molar-refractivity contribution in [3.8, 4) is 0 Å². The van der Waals surface area contributed by atoms with E-state index >= 15 is 0 Å². The summed E-state index contributed by atoms with van der Waals surface area (Å²) in [5, 5.41) is 3.95. The van der Waals surface area contributed by atoms with Gasteiger partial charge < -0.3 is 5.43 Å². The lowest BCUT2D eigenvalue weighted by Gasteiger charge is -1.95. The van der Waals surface area contributed by atoms with E-state index in [1.54, 1.807) is 19.4 Å². The average Bonchev–Trinajstić information content (AvgIpc) is 2.07. The molecule has 3 nitrogen and oxygen atoms in total. The van der Waals surface area contributed by atoms with Gasteiger partial charge in [-0.3, -0.25) is 4.98 Å². The number of hydrogen-bond acceptors (Lipinski definition) is 3. The molecule has 0 saturated heterocycles. The molecule has 0 saturated carbocycles. The number of nitrogens with one attached hydrogen (secondary N) is 1. The number of pyridine rings is 1. The normalized spacial score (nSPS) is 11.3. The van der Waals surface area contributed by atoms with Gasteiger partial charge in [-0.15, -0.1) is 0 Å². The topological polar surface area (TPSA) is 37.3 Å². The molecule has 1 aromatic heterocycles. The zero-order chi connectivity index (χ0) is 8.10. The van der Waals surface area contributed by atoms with Crippen LogP contribution < -0.4 is 5.43 Å². The number of aromatic nitrogens is 1. The van der Waals surface area contributed by atoms with Crippen molar-refractivity contribution in [1.82, 2.24) is 10.4 Å². The molecule has 0 aliphatic heterocycles. The SMILES string of the molecule is CN/N=C(/Br)c1ccncc1. The second kappa shape index (κ2) is 4.08. The first-order valence-electron chi connectivity index (χ1n) is 3.15. The molecular formula is C7H8BrN3. The molecule has 0 atom stereocenters. The number of rotatable bonds is 2. The van der Waals surface area contributed by atoms with Crippen molar-refractivity contribution < 1.29 is 0 Å². The van der Waals surface area contributed by atoms with Crippen molar-refractivity contribution in [2.75, 3.05) is 7.05 Å². The van der Waals surface area contributed by atoms with Gasteiger partial charge in [0.15, 0.2) is 0 Å². The molecule has 0 aromatic carbocycles. The van der Waals surface area contributed by atoms with Crippen LogP contribution >= 0.6 is 15.9 Å². The summed E-state index contributed by atoms with van der Waals surface area (Å²) in [6.07, 6.45) is 3.45. The van der Waals surface area contributed by atoms with Crippen LogP contribution in [-0.2, 0) is 0 Å². The molecule has 0 aliphatic carbocycles. The predicted molar refractivity (Wildman–Crippen MR) is 48.8 cm³/mol. The van der Waals surface area contributed by atoms with E-state index in [0.29, 0.717) is 0 Å². The Morgan fingerprint density at radius 1 is 1.55 bits per heavy atom. The van der Waals surface area contributed by atoms with E-state index < -0.39 is 0 Å². The highest BCUT2D eigenvalue weighted by Gasteiger charge is 1.95. The van der Waals surface area contributed by atoms with Crippen LogP contribution in [0.25, 0.3) is 0 Å². The van der Waals surface area contributed by atoms with E-state index in [4.69, 9.17) is 0 Å². The van der Waals surface area contributed by atoms with Crippen LogP contribution in [0.3, 0.4) is 0 Å². The van der Waals surface area contributed by atoms with Gasteiger partial charge in [-0.05, 0) is 28.1 Å². The summed E-state index contributed by atoms with van der Waals surface area (Å²) in [5.41, 5.74) is 3.70. The highest BCUT2D eigenvalue weighted by atomic mass is 79.9. The van der Waals surface area contributed by atoms with E-state index in [1.807, 2.05) is 12.1 Å². The maximum absolute atomic E-state index is 3.95. The van der Waals surface area contributed by atoms with Crippen LogP contribution in [-0.4, -0.2) is 16.7 Å². The van der Waals surface area contributed by atoms with Crippen LogP contribution in [0.2, 0.25) is 0 Å². The summed E-state index contributed by atoms with van der Waals surface area (Å²) in [4.78, 5) is 3.89. The summed E-state index contributed by atoms with van der Waals surface area (Å²) in [5.74, 6) is 0. The van der Waals surface area contributed by atoms with Crippen LogP contribution in [0.1, 0.15) is 5.56 Å². The van der Waals surface area contributed by atoms with E-state index in [1.165, 1.54) is 0 Å². The lowest BCUT2D eigenvalue weighted by Crippen LogP contribution is -2.00. The van der Waals surface area contributed by atoms with Crippen molar-refractivity contribution >= 4 is 20.6 Å². The molecule has 0 amide bonds. The minimum absolute atomic E-state index is 0.780. The Bertz CT molecular complexity index is 245. The van der Waals surface area contributed by atoms with Crippen LogP contribution in [0, 0.1) is 0 Å². The fourth-order valence-corrected chi connectivity index (χ4v) is 1.09. The third-order valence-corrected chi connectivity index (χ3v) is 1.76. The minimum Gasteiger partial charge on any atom is -0.312 e. The summed E-state index contributed by atoms with van der Waals surface area (Å²) in [6.45, 7) is 0. The van der Waals surface area contributed by atoms with Crippen LogP contribution in [0.4, 0.5) is 0 Å². The molecule has 0 radical (unpaired) electrons. The second-order valence-corrected chi connectivity index (χ2v) is 2.61. The van der Waals surface area contributed by atoms with E-state index in [9.17, 15) is 0 Å². The standard InChI is InChI=1S/C7H8BrN3/c1-9-11-7(8)6-2-4-10-5-3-6/h2-5,9H,1H3/b11-7+. The van der Waals surface area contributed by atoms with Gasteiger partial charge in [0.2, 0.25) is 0 Å². The average molecular weight is 214 g/mol. The Morgan fingerprint density at radius 2 is 2.18 bits per heavy atom. The molecule has 1 aromatic rings. The van der Waals surface area contributed by atoms with Gasteiger partial charge in [0.25, 0.3) is 0 Å². The zero-order valence-corrected chi connectivity index (χ0v) is 7.67. The summed E-state index contributed by atoms with van der Waals surface area (Å²) < 4.78 is 0.780. The van der Waals surface area contributed by atoms with Crippen molar-refractivity contribution in [3.05, 3.63) is 30.1 Å². The minimum atomic E-state index is 0.780. The molecule has 0 fully saturated rings. The van der Waals surface area contributed by atoms with E-state index in [0.717, 1.165) is 10.2 Å². The zero-order valence-electron chi connectivity index (χ0n) is 6.08. The lowest BCUT2D eigenvalue weighted by atomic mass is 10.3. The van der Waals surface area contributed by atoms with Crippen molar-refractivity contribution in [1.29, 1.82) is 0 Å². The van der Waals surface area contributed by atoms with Crippen LogP contribution in [0.15, 0.2) is 29.6 Å². The smallest absolute Gasteiger partial charge is 0.133 e. The molecule has 0 aliphatic rings. The molecule has 1 heterocycles. The Balaban J connectivity index is 2.85. The van der Waals surface area contributed by atoms with Gasteiger partial charge in [0.1, 0.15) is 4.62 Å². The fraction of sp³-hybridized carbons (Fsp3) is 0.143. The Hall–Kier alpha value is -0.900. The van der Waals surface area contributed by atoms with Gasteiger partial charge in [-0.25, -0.2) is 0 Å². The largest absolute Gasteiger partial charge is 0.312 e. The van der Waals surface area contributed by atoms with Crippen molar-refractivity contribution in [3.63, 3.8) is 0 Å². The van der Waals surface area contributed by atoms with Gasteiger partial charge in [-0.1, -0.05) is 0 Å².